The van der Waals surface area contributed by atoms with Crippen LogP contribution in [0.1, 0.15) is 48.9 Å². The molecule has 3 rings (SSSR count). The van der Waals surface area contributed by atoms with Gasteiger partial charge in [0, 0.05) is 29.1 Å². The molecule has 2 aromatic rings. The fourth-order valence-corrected chi connectivity index (χ4v) is 3.09. The Bertz CT molecular complexity index is 682. The molecule has 0 spiro atoms. The maximum Gasteiger partial charge on any atom is 0.254 e. The van der Waals surface area contributed by atoms with Crippen LogP contribution in [-0.4, -0.2) is 21.9 Å². The summed E-state index contributed by atoms with van der Waals surface area (Å²) in [5.41, 5.74) is 1.29. The van der Waals surface area contributed by atoms with E-state index in [4.69, 9.17) is 11.6 Å². The number of halogens is 1. The van der Waals surface area contributed by atoms with Crippen LogP contribution >= 0.6 is 11.6 Å². The van der Waals surface area contributed by atoms with Gasteiger partial charge in [0.05, 0.1) is 5.56 Å². The zero-order valence-electron chi connectivity index (χ0n) is 13.5. The van der Waals surface area contributed by atoms with Crippen molar-refractivity contribution >= 4 is 29.1 Å². The molecule has 1 fully saturated rings. The maximum absolute atomic E-state index is 12.3. The third-order valence-corrected chi connectivity index (χ3v) is 4.42. The van der Waals surface area contributed by atoms with Gasteiger partial charge in [0.1, 0.15) is 0 Å². The van der Waals surface area contributed by atoms with Crippen molar-refractivity contribution in [2.45, 2.75) is 44.6 Å². The number of rotatable bonds is 4. The van der Waals surface area contributed by atoms with Gasteiger partial charge >= 0.3 is 0 Å². The molecule has 6 heteroatoms. The SMILES string of the molecule is O=C(NC1CCCCCC1)c1cnc(Nc2cccc(Cl)c2)nc1. The molecule has 5 nitrogen and oxygen atoms in total. The van der Waals surface area contributed by atoms with Crippen molar-refractivity contribution in [3.05, 3.63) is 47.2 Å². The molecular formula is C18H21ClN4O. The van der Waals surface area contributed by atoms with Crippen LogP contribution in [0.4, 0.5) is 11.6 Å². The molecule has 0 aliphatic heterocycles. The van der Waals surface area contributed by atoms with E-state index in [2.05, 4.69) is 20.6 Å². The molecule has 1 aliphatic rings. The average molecular weight is 345 g/mol. The van der Waals surface area contributed by atoms with Crippen LogP contribution in [-0.2, 0) is 0 Å². The minimum absolute atomic E-state index is 0.101. The van der Waals surface area contributed by atoms with Crippen molar-refractivity contribution in [3.63, 3.8) is 0 Å². The number of aromatic nitrogens is 2. The van der Waals surface area contributed by atoms with Gasteiger partial charge in [-0.15, -0.1) is 0 Å². The third kappa shape index (κ3) is 4.68. The van der Waals surface area contributed by atoms with Crippen LogP contribution in [0, 0.1) is 0 Å². The first-order valence-electron chi connectivity index (χ1n) is 8.36. The van der Waals surface area contributed by atoms with E-state index in [9.17, 15) is 4.79 Å². The normalized spacial score (nSPS) is 15.5. The Morgan fingerprint density at radius 1 is 1.08 bits per heavy atom. The quantitative estimate of drug-likeness (QED) is 0.810. The number of benzene rings is 1. The average Bonchev–Trinajstić information content (AvgIpc) is 2.84. The second-order valence-electron chi connectivity index (χ2n) is 6.09. The Balaban J connectivity index is 1.60. The fraction of sp³-hybridized carbons (Fsp3) is 0.389. The van der Waals surface area contributed by atoms with Crippen LogP contribution in [0.25, 0.3) is 0 Å². The summed E-state index contributed by atoms with van der Waals surface area (Å²) in [7, 11) is 0. The highest BCUT2D eigenvalue weighted by Gasteiger charge is 2.16. The Morgan fingerprint density at radius 3 is 2.46 bits per heavy atom. The molecule has 126 valence electrons. The van der Waals surface area contributed by atoms with E-state index in [1.807, 2.05) is 12.1 Å². The lowest BCUT2D eigenvalue weighted by Gasteiger charge is -2.16. The molecule has 2 N–H and O–H groups in total. The van der Waals surface area contributed by atoms with Gasteiger partial charge in [-0.1, -0.05) is 43.4 Å². The van der Waals surface area contributed by atoms with Gasteiger partial charge in [0.15, 0.2) is 0 Å². The summed E-state index contributed by atoms with van der Waals surface area (Å²) in [6.45, 7) is 0. The van der Waals surface area contributed by atoms with Gasteiger partial charge in [-0.25, -0.2) is 9.97 Å². The molecular weight excluding hydrogens is 324 g/mol. The topological polar surface area (TPSA) is 66.9 Å². The summed E-state index contributed by atoms with van der Waals surface area (Å²) < 4.78 is 0. The number of carbonyl (C=O) groups excluding carboxylic acids is 1. The molecule has 0 bridgehead atoms. The number of nitrogens with zero attached hydrogens (tertiary/aromatic N) is 2. The summed E-state index contributed by atoms with van der Waals surface area (Å²) in [5, 5.41) is 6.80. The Labute approximate surface area is 146 Å². The molecule has 0 radical (unpaired) electrons. The minimum atomic E-state index is -0.101. The molecule has 1 heterocycles. The zero-order valence-corrected chi connectivity index (χ0v) is 14.2. The van der Waals surface area contributed by atoms with E-state index in [0.29, 0.717) is 16.5 Å². The lowest BCUT2D eigenvalue weighted by Crippen LogP contribution is -2.34. The lowest BCUT2D eigenvalue weighted by atomic mass is 10.1. The van der Waals surface area contributed by atoms with Gasteiger partial charge in [-0.05, 0) is 31.0 Å². The Morgan fingerprint density at radius 2 is 1.79 bits per heavy atom. The first kappa shape index (κ1) is 16.7. The summed E-state index contributed by atoms with van der Waals surface area (Å²) in [4.78, 5) is 20.7. The standard InChI is InChI=1S/C18H21ClN4O/c19-14-6-5-9-16(10-14)23-18-20-11-13(12-21-18)17(24)22-15-7-3-1-2-4-8-15/h5-6,9-12,15H,1-4,7-8H2,(H,22,24)(H,20,21,23). The number of anilines is 2. The lowest BCUT2D eigenvalue weighted by molar-refractivity contribution is 0.0932. The van der Waals surface area contributed by atoms with Crippen LogP contribution in [0.3, 0.4) is 0 Å². The van der Waals surface area contributed by atoms with Crippen LogP contribution in [0.2, 0.25) is 5.02 Å². The highest BCUT2D eigenvalue weighted by Crippen LogP contribution is 2.19. The Hall–Kier alpha value is -2.14. The van der Waals surface area contributed by atoms with Crippen molar-refractivity contribution < 1.29 is 4.79 Å². The fourth-order valence-electron chi connectivity index (χ4n) is 2.90. The predicted molar refractivity (Wildman–Crippen MR) is 95.7 cm³/mol. The van der Waals surface area contributed by atoms with E-state index in [1.165, 1.54) is 25.7 Å². The van der Waals surface area contributed by atoms with E-state index < -0.39 is 0 Å². The van der Waals surface area contributed by atoms with Crippen LogP contribution in [0.5, 0.6) is 0 Å². The number of hydrogen-bond acceptors (Lipinski definition) is 4. The van der Waals surface area contributed by atoms with Gasteiger partial charge in [0.25, 0.3) is 5.91 Å². The molecule has 1 aliphatic carbocycles. The third-order valence-electron chi connectivity index (χ3n) is 4.19. The molecule has 0 saturated heterocycles. The first-order chi connectivity index (χ1) is 11.7. The largest absolute Gasteiger partial charge is 0.349 e. The first-order valence-corrected chi connectivity index (χ1v) is 8.74. The predicted octanol–water partition coefficient (Wildman–Crippen LogP) is 4.33. The summed E-state index contributed by atoms with van der Waals surface area (Å²) in [6, 6.07) is 7.58. The number of amides is 1. The second-order valence-corrected chi connectivity index (χ2v) is 6.53. The van der Waals surface area contributed by atoms with E-state index in [0.717, 1.165) is 18.5 Å². The maximum atomic E-state index is 12.3. The van der Waals surface area contributed by atoms with Crippen molar-refractivity contribution in [1.29, 1.82) is 0 Å². The van der Waals surface area contributed by atoms with Gasteiger partial charge in [-0.2, -0.15) is 0 Å². The molecule has 1 amide bonds. The summed E-state index contributed by atoms with van der Waals surface area (Å²) in [5.74, 6) is 0.333. The van der Waals surface area contributed by atoms with E-state index in [1.54, 1.807) is 24.5 Å². The number of nitrogens with one attached hydrogen (secondary N) is 2. The second kappa shape index (κ2) is 8.11. The zero-order chi connectivity index (χ0) is 16.8. The molecule has 1 saturated carbocycles. The number of carbonyl (C=O) groups is 1. The monoisotopic (exact) mass is 344 g/mol. The minimum Gasteiger partial charge on any atom is -0.349 e. The van der Waals surface area contributed by atoms with Gasteiger partial charge in [-0.3, -0.25) is 4.79 Å². The van der Waals surface area contributed by atoms with E-state index >= 15 is 0 Å². The van der Waals surface area contributed by atoms with Crippen molar-refractivity contribution in [1.82, 2.24) is 15.3 Å². The van der Waals surface area contributed by atoms with Gasteiger partial charge in [0.2, 0.25) is 5.95 Å². The van der Waals surface area contributed by atoms with Crippen molar-refractivity contribution in [2.24, 2.45) is 0 Å². The molecule has 1 aromatic carbocycles. The number of hydrogen-bond donors (Lipinski definition) is 2. The van der Waals surface area contributed by atoms with Crippen LogP contribution in [0.15, 0.2) is 36.7 Å². The Kier molecular flexibility index (Phi) is 5.64. The molecule has 0 unspecified atom stereocenters. The highest BCUT2D eigenvalue weighted by atomic mass is 35.5. The molecule has 24 heavy (non-hydrogen) atoms. The van der Waals surface area contributed by atoms with E-state index in [-0.39, 0.29) is 11.9 Å². The summed E-state index contributed by atoms with van der Waals surface area (Å²) in [6.07, 6.45) is 10.1. The van der Waals surface area contributed by atoms with Crippen molar-refractivity contribution in [2.75, 3.05) is 5.32 Å². The van der Waals surface area contributed by atoms with Crippen molar-refractivity contribution in [3.8, 4) is 0 Å². The van der Waals surface area contributed by atoms with Gasteiger partial charge < -0.3 is 10.6 Å². The van der Waals surface area contributed by atoms with Crippen LogP contribution < -0.4 is 10.6 Å². The summed E-state index contributed by atoms with van der Waals surface area (Å²) >= 11 is 5.95. The highest BCUT2D eigenvalue weighted by molar-refractivity contribution is 6.30. The smallest absolute Gasteiger partial charge is 0.254 e. The molecule has 0 atom stereocenters. The molecule has 1 aromatic heterocycles.